The van der Waals surface area contributed by atoms with E-state index < -0.39 is 12.8 Å². The number of piperazine rings is 1. The van der Waals surface area contributed by atoms with Gasteiger partial charge in [-0.05, 0) is 24.6 Å². The van der Waals surface area contributed by atoms with Gasteiger partial charge in [0.15, 0.2) is 12.6 Å². The van der Waals surface area contributed by atoms with Crippen molar-refractivity contribution in [1.82, 2.24) is 15.1 Å². The van der Waals surface area contributed by atoms with Crippen LogP contribution in [-0.4, -0.2) is 74.5 Å². The zero-order valence-corrected chi connectivity index (χ0v) is 18.7. The quantitative estimate of drug-likeness (QED) is 0.360. The third kappa shape index (κ3) is 8.54. The molecule has 7 nitrogen and oxygen atoms in total. The second kappa shape index (κ2) is 11.9. The molecule has 11 heteroatoms. The zero-order chi connectivity index (χ0) is 20.6. The number of halogens is 4. The molecule has 1 heterocycles. The predicted molar refractivity (Wildman–Crippen MR) is 114 cm³/mol. The van der Waals surface area contributed by atoms with E-state index in [9.17, 15) is 18.0 Å². The molecule has 29 heavy (non-hydrogen) atoms. The van der Waals surface area contributed by atoms with Crippen LogP contribution in [0.2, 0.25) is 0 Å². The molecule has 0 bridgehead atoms. The van der Waals surface area contributed by atoms with E-state index in [-0.39, 0.29) is 35.8 Å². The molecule has 1 aliphatic heterocycles. The SMILES string of the molecule is CCOC(=O)N1CCN(C(=NC)NCc2cccc(OCC(F)(F)F)c2)CC1.I. The van der Waals surface area contributed by atoms with Gasteiger partial charge < -0.3 is 24.6 Å². The molecular weight excluding hydrogens is 504 g/mol. The summed E-state index contributed by atoms with van der Waals surface area (Å²) in [4.78, 5) is 19.7. The van der Waals surface area contributed by atoms with Crippen molar-refractivity contribution in [3.05, 3.63) is 29.8 Å². The molecule has 1 saturated heterocycles. The molecule has 1 aromatic carbocycles. The minimum atomic E-state index is -4.37. The summed E-state index contributed by atoms with van der Waals surface area (Å²) >= 11 is 0. The van der Waals surface area contributed by atoms with Crippen molar-refractivity contribution in [2.75, 3.05) is 46.4 Å². The first-order valence-corrected chi connectivity index (χ1v) is 8.98. The predicted octanol–water partition coefficient (Wildman–Crippen LogP) is 3.10. The van der Waals surface area contributed by atoms with Gasteiger partial charge in [-0.25, -0.2) is 4.79 Å². The lowest BCUT2D eigenvalue weighted by atomic mass is 10.2. The highest BCUT2D eigenvalue weighted by Crippen LogP contribution is 2.19. The number of nitrogens with zero attached hydrogens (tertiary/aromatic N) is 3. The fraction of sp³-hybridized carbons (Fsp3) is 0.556. The average Bonchev–Trinajstić information content (AvgIpc) is 2.67. The molecule has 1 amide bonds. The van der Waals surface area contributed by atoms with Gasteiger partial charge in [-0.15, -0.1) is 24.0 Å². The number of guanidine groups is 1. The third-order valence-corrected chi connectivity index (χ3v) is 4.07. The fourth-order valence-electron chi connectivity index (χ4n) is 2.74. The van der Waals surface area contributed by atoms with E-state index in [2.05, 4.69) is 10.3 Å². The molecule has 2 rings (SSSR count). The van der Waals surface area contributed by atoms with E-state index in [1.54, 1.807) is 37.1 Å². The maximum absolute atomic E-state index is 12.3. The van der Waals surface area contributed by atoms with E-state index in [4.69, 9.17) is 9.47 Å². The molecule has 0 aromatic heterocycles. The maximum atomic E-state index is 12.3. The Morgan fingerprint density at radius 3 is 2.45 bits per heavy atom. The fourth-order valence-corrected chi connectivity index (χ4v) is 2.74. The number of amides is 1. The van der Waals surface area contributed by atoms with Crippen LogP contribution in [0.25, 0.3) is 0 Å². The van der Waals surface area contributed by atoms with Crippen LogP contribution >= 0.6 is 24.0 Å². The molecule has 0 aliphatic carbocycles. The van der Waals surface area contributed by atoms with Gasteiger partial charge in [-0.3, -0.25) is 4.99 Å². The van der Waals surface area contributed by atoms with E-state index in [1.807, 2.05) is 4.90 Å². The number of ether oxygens (including phenoxy) is 2. The first kappa shape index (κ1) is 25.1. The number of aliphatic imine (C=N–C) groups is 1. The Labute approximate surface area is 185 Å². The Bertz CT molecular complexity index is 681. The average molecular weight is 530 g/mol. The second-order valence-corrected chi connectivity index (χ2v) is 6.13. The number of carbonyl (C=O) groups excluding carboxylic acids is 1. The first-order valence-electron chi connectivity index (χ1n) is 8.98. The Kier molecular flexibility index (Phi) is 10.3. The molecule has 0 atom stereocenters. The van der Waals surface area contributed by atoms with Crippen LogP contribution in [0.5, 0.6) is 5.75 Å². The van der Waals surface area contributed by atoms with E-state index in [0.29, 0.717) is 45.3 Å². The van der Waals surface area contributed by atoms with Crippen LogP contribution < -0.4 is 10.1 Å². The number of nitrogens with one attached hydrogen (secondary N) is 1. The summed E-state index contributed by atoms with van der Waals surface area (Å²) < 4.78 is 46.6. The Morgan fingerprint density at radius 1 is 1.21 bits per heavy atom. The van der Waals surface area contributed by atoms with Gasteiger partial charge in [0.1, 0.15) is 5.75 Å². The van der Waals surface area contributed by atoms with Crippen molar-refractivity contribution in [2.24, 2.45) is 4.99 Å². The molecular formula is C18H26F3IN4O3. The number of carbonyl (C=O) groups is 1. The van der Waals surface area contributed by atoms with Crippen molar-refractivity contribution >= 4 is 36.0 Å². The number of hydrogen-bond acceptors (Lipinski definition) is 4. The monoisotopic (exact) mass is 530 g/mol. The van der Waals surface area contributed by atoms with Gasteiger partial charge in [0, 0.05) is 39.8 Å². The summed E-state index contributed by atoms with van der Waals surface area (Å²) in [7, 11) is 1.66. The van der Waals surface area contributed by atoms with Crippen molar-refractivity contribution in [2.45, 2.75) is 19.6 Å². The highest BCUT2D eigenvalue weighted by molar-refractivity contribution is 14.0. The molecule has 164 valence electrons. The Morgan fingerprint density at radius 2 is 1.86 bits per heavy atom. The van der Waals surface area contributed by atoms with Crippen molar-refractivity contribution in [3.8, 4) is 5.75 Å². The summed E-state index contributed by atoms with van der Waals surface area (Å²) in [5, 5.41) is 3.19. The number of benzene rings is 1. The second-order valence-electron chi connectivity index (χ2n) is 6.13. The Hall–Kier alpha value is -1.92. The van der Waals surface area contributed by atoms with Crippen molar-refractivity contribution in [1.29, 1.82) is 0 Å². The molecule has 1 aromatic rings. The molecule has 1 aliphatic rings. The maximum Gasteiger partial charge on any atom is 0.422 e. The highest BCUT2D eigenvalue weighted by Gasteiger charge is 2.28. The summed E-state index contributed by atoms with van der Waals surface area (Å²) in [6.07, 6.45) is -4.69. The van der Waals surface area contributed by atoms with Gasteiger partial charge in [-0.1, -0.05) is 12.1 Å². The summed E-state index contributed by atoms with van der Waals surface area (Å²) in [5.74, 6) is 0.819. The van der Waals surface area contributed by atoms with Gasteiger partial charge in [-0.2, -0.15) is 13.2 Å². The molecule has 0 saturated carbocycles. The van der Waals surface area contributed by atoms with E-state index >= 15 is 0 Å². The van der Waals surface area contributed by atoms with Crippen LogP contribution in [0.1, 0.15) is 12.5 Å². The normalized spacial score (nSPS) is 14.9. The van der Waals surface area contributed by atoms with Gasteiger partial charge in [0.2, 0.25) is 0 Å². The summed E-state index contributed by atoms with van der Waals surface area (Å²) in [6, 6.07) is 6.48. The summed E-state index contributed by atoms with van der Waals surface area (Å²) in [5.41, 5.74) is 0.769. The van der Waals surface area contributed by atoms with E-state index in [0.717, 1.165) is 5.56 Å². The lowest BCUT2D eigenvalue weighted by Crippen LogP contribution is -2.53. The Balaban J connectivity index is 0.00000420. The number of rotatable bonds is 5. The van der Waals surface area contributed by atoms with Gasteiger partial charge >= 0.3 is 12.3 Å². The number of alkyl halides is 3. The largest absolute Gasteiger partial charge is 0.484 e. The lowest BCUT2D eigenvalue weighted by Gasteiger charge is -2.35. The summed E-state index contributed by atoms with van der Waals surface area (Å²) in [6.45, 7) is 3.43. The lowest BCUT2D eigenvalue weighted by molar-refractivity contribution is -0.153. The van der Waals surface area contributed by atoms with Crippen LogP contribution in [0.3, 0.4) is 0 Å². The van der Waals surface area contributed by atoms with Gasteiger partial charge in [0.05, 0.1) is 6.61 Å². The minimum Gasteiger partial charge on any atom is -0.484 e. The zero-order valence-electron chi connectivity index (χ0n) is 16.4. The topological polar surface area (TPSA) is 66.4 Å². The highest BCUT2D eigenvalue weighted by atomic mass is 127. The standard InChI is InChI=1S/C18H25F3N4O3.HI/c1-3-27-17(26)25-9-7-24(8-10-25)16(22-2)23-12-14-5-4-6-15(11-14)28-13-18(19,20)21;/h4-6,11H,3,7-10,12-13H2,1-2H3,(H,22,23);1H. The van der Waals surface area contributed by atoms with Crippen LogP contribution in [0, 0.1) is 0 Å². The van der Waals surface area contributed by atoms with Crippen LogP contribution in [0.4, 0.5) is 18.0 Å². The molecule has 0 radical (unpaired) electrons. The number of hydrogen-bond donors (Lipinski definition) is 1. The van der Waals surface area contributed by atoms with Crippen LogP contribution in [0.15, 0.2) is 29.3 Å². The molecule has 1 N–H and O–H groups in total. The van der Waals surface area contributed by atoms with Crippen molar-refractivity contribution in [3.63, 3.8) is 0 Å². The van der Waals surface area contributed by atoms with Crippen molar-refractivity contribution < 1.29 is 27.4 Å². The van der Waals surface area contributed by atoms with Gasteiger partial charge in [0.25, 0.3) is 0 Å². The molecule has 0 unspecified atom stereocenters. The minimum absolute atomic E-state index is 0. The van der Waals surface area contributed by atoms with E-state index in [1.165, 1.54) is 6.07 Å². The third-order valence-electron chi connectivity index (χ3n) is 4.07. The molecule has 0 spiro atoms. The first-order chi connectivity index (χ1) is 13.3. The molecule has 1 fully saturated rings. The van der Waals surface area contributed by atoms with Crippen LogP contribution in [-0.2, 0) is 11.3 Å². The smallest absolute Gasteiger partial charge is 0.422 e.